The quantitative estimate of drug-likeness (QED) is 0.636. The van der Waals surface area contributed by atoms with Crippen LogP contribution in [0, 0.1) is 0 Å². The minimum atomic E-state index is -4.78. The third-order valence-electron chi connectivity index (χ3n) is 2.57. The van der Waals surface area contributed by atoms with Gasteiger partial charge in [-0.1, -0.05) is 11.6 Å². The van der Waals surface area contributed by atoms with Crippen molar-refractivity contribution in [3.8, 4) is 0 Å². The van der Waals surface area contributed by atoms with Gasteiger partial charge in [0.1, 0.15) is 0 Å². The summed E-state index contributed by atoms with van der Waals surface area (Å²) in [4.78, 5) is 34.1. The maximum absolute atomic E-state index is 13.3. The topological polar surface area (TPSA) is 66.5 Å². The lowest BCUT2D eigenvalue weighted by atomic mass is 10.1. The van der Waals surface area contributed by atoms with Gasteiger partial charge in [-0.15, -0.1) is 0 Å². The molecule has 112 valence electrons. The number of amides is 4. The number of halogens is 5. The molecular formula is C11H5ClF4N2O3. The summed E-state index contributed by atoms with van der Waals surface area (Å²) in [5, 5.41) is 1.10. The number of rotatable bonds is 1. The van der Waals surface area contributed by atoms with Crippen LogP contribution in [0.5, 0.6) is 0 Å². The van der Waals surface area contributed by atoms with Crippen molar-refractivity contribution in [2.45, 2.75) is 12.3 Å². The molecule has 1 aliphatic rings. The second kappa shape index (κ2) is 4.99. The molecule has 1 atom stereocenters. The number of carbonyl (C=O) groups is 3. The third kappa shape index (κ3) is 2.82. The van der Waals surface area contributed by atoms with E-state index >= 15 is 0 Å². The van der Waals surface area contributed by atoms with E-state index in [0.29, 0.717) is 12.1 Å². The lowest BCUT2D eigenvalue weighted by Crippen LogP contribution is -2.59. The molecule has 4 amide bonds. The molecular weight excluding hydrogens is 320 g/mol. The molecule has 0 spiro atoms. The van der Waals surface area contributed by atoms with E-state index in [1.54, 1.807) is 0 Å². The second-order valence-corrected chi connectivity index (χ2v) is 4.46. The van der Waals surface area contributed by atoms with E-state index in [0.717, 1.165) is 6.07 Å². The van der Waals surface area contributed by atoms with Gasteiger partial charge in [-0.2, -0.15) is 13.2 Å². The summed E-state index contributed by atoms with van der Waals surface area (Å²) in [6.07, 6.45) is -7.46. The van der Waals surface area contributed by atoms with E-state index in [1.807, 2.05) is 0 Å². The molecule has 1 heterocycles. The number of carbonyl (C=O) groups excluding carboxylic acids is 3. The zero-order valence-corrected chi connectivity index (χ0v) is 10.6. The number of nitrogens with zero attached hydrogens (tertiary/aromatic N) is 1. The number of anilines is 1. The fourth-order valence-corrected chi connectivity index (χ4v) is 1.89. The molecule has 0 radical (unpaired) electrons. The number of barbiturate groups is 1. The van der Waals surface area contributed by atoms with Gasteiger partial charge in [-0.05, 0) is 18.2 Å². The molecule has 1 unspecified atom stereocenters. The summed E-state index contributed by atoms with van der Waals surface area (Å²) in [6, 6.07) is 0.548. The van der Waals surface area contributed by atoms with Crippen molar-refractivity contribution >= 4 is 35.1 Å². The van der Waals surface area contributed by atoms with Crippen molar-refractivity contribution in [1.29, 1.82) is 0 Å². The summed E-state index contributed by atoms with van der Waals surface area (Å²) >= 11 is 5.51. The highest BCUT2D eigenvalue weighted by molar-refractivity contribution is 6.32. The number of imide groups is 2. The number of hydrogen-bond donors (Lipinski definition) is 1. The molecule has 5 nitrogen and oxygen atoms in total. The Morgan fingerprint density at radius 1 is 1.14 bits per heavy atom. The Labute approximate surface area is 119 Å². The van der Waals surface area contributed by atoms with Gasteiger partial charge in [0.2, 0.25) is 0 Å². The standard InChI is InChI=1S/C11H5ClF4N2O3/c12-5-1-4(11(14,15)16)2-6(3-5)18-9(20)7(13)8(19)17-10(18)21/h1-3,7H,(H,17,19,21). The Morgan fingerprint density at radius 3 is 2.33 bits per heavy atom. The first-order valence-corrected chi connectivity index (χ1v) is 5.69. The average molecular weight is 325 g/mol. The van der Waals surface area contributed by atoms with Gasteiger partial charge in [-0.25, -0.2) is 14.1 Å². The van der Waals surface area contributed by atoms with Gasteiger partial charge in [0, 0.05) is 5.02 Å². The highest BCUT2D eigenvalue weighted by Crippen LogP contribution is 2.35. The van der Waals surface area contributed by atoms with E-state index < -0.39 is 46.5 Å². The fourth-order valence-electron chi connectivity index (χ4n) is 1.66. The Balaban J connectivity index is 2.51. The predicted molar refractivity (Wildman–Crippen MR) is 62.4 cm³/mol. The number of benzene rings is 1. The Morgan fingerprint density at radius 2 is 1.76 bits per heavy atom. The molecule has 0 bridgehead atoms. The number of hydrogen-bond acceptors (Lipinski definition) is 3. The lowest BCUT2D eigenvalue weighted by molar-refractivity contribution is -0.138. The van der Waals surface area contributed by atoms with Crippen LogP contribution in [-0.2, 0) is 15.8 Å². The van der Waals surface area contributed by atoms with Gasteiger partial charge < -0.3 is 0 Å². The molecule has 1 N–H and O–H groups in total. The Hall–Kier alpha value is -2.16. The number of nitrogens with one attached hydrogen (secondary N) is 1. The summed E-state index contributed by atoms with van der Waals surface area (Å²) in [6.45, 7) is 0. The van der Waals surface area contributed by atoms with Crippen molar-refractivity contribution in [2.24, 2.45) is 0 Å². The molecule has 1 aromatic rings. The van der Waals surface area contributed by atoms with Crippen LogP contribution >= 0.6 is 11.6 Å². The van der Waals surface area contributed by atoms with E-state index in [-0.39, 0.29) is 4.90 Å². The maximum Gasteiger partial charge on any atom is 0.416 e. The van der Waals surface area contributed by atoms with Gasteiger partial charge >= 0.3 is 12.2 Å². The Kier molecular flexibility index (Phi) is 3.62. The second-order valence-electron chi connectivity index (χ2n) is 4.03. The first-order chi connectivity index (χ1) is 9.61. The van der Waals surface area contributed by atoms with Crippen LogP contribution in [0.3, 0.4) is 0 Å². The van der Waals surface area contributed by atoms with Crippen LogP contribution in [0.25, 0.3) is 0 Å². The van der Waals surface area contributed by atoms with E-state index in [4.69, 9.17) is 11.6 Å². The van der Waals surface area contributed by atoms with Crippen molar-refractivity contribution in [2.75, 3.05) is 4.90 Å². The van der Waals surface area contributed by atoms with Crippen molar-refractivity contribution < 1.29 is 31.9 Å². The molecule has 10 heteroatoms. The Bertz CT molecular complexity index is 647. The molecule has 0 aliphatic carbocycles. The van der Waals surface area contributed by atoms with E-state index in [2.05, 4.69) is 0 Å². The van der Waals surface area contributed by atoms with E-state index in [9.17, 15) is 31.9 Å². The van der Waals surface area contributed by atoms with Crippen molar-refractivity contribution in [1.82, 2.24) is 5.32 Å². The summed E-state index contributed by atoms with van der Waals surface area (Å²) in [5.41, 5.74) is -1.81. The monoisotopic (exact) mass is 324 g/mol. The summed E-state index contributed by atoms with van der Waals surface area (Å²) in [7, 11) is 0. The highest BCUT2D eigenvalue weighted by Gasteiger charge is 2.42. The van der Waals surface area contributed by atoms with Crippen LogP contribution in [0.2, 0.25) is 5.02 Å². The molecule has 1 fully saturated rings. The van der Waals surface area contributed by atoms with Gasteiger partial charge in [0.15, 0.2) is 0 Å². The normalized spacial score (nSPS) is 19.8. The molecule has 1 saturated heterocycles. The summed E-state index contributed by atoms with van der Waals surface area (Å²) in [5.74, 6) is -3.06. The number of urea groups is 1. The average Bonchev–Trinajstić information content (AvgIpc) is 2.34. The van der Waals surface area contributed by atoms with Crippen LogP contribution in [0.4, 0.5) is 28.0 Å². The fraction of sp³-hybridized carbons (Fsp3) is 0.182. The van der Waals surface area contributed by atoms with Crippen LogP contribution in [0.1, 0.15) is 5.56 Å². The highest BCUT2D eigenvalue weighted by atomic mass is 35.5. The van der Waals surface area contributed by atoms with Crippen LogP contribution in [-0.4, -0.2) is 24.0 Å². The minimum Gasteiger partial charge on any atom is -0.274 e. The minimum absolute atomic E-state index is 0.0905. The lowest BCUT2D eigenvalue weighted by Gasteiger charge is -2.27. The molecule has 1 aliphatic heterocycles. The SMILES string of the molecule is O=C1NC(=O)N(c2cc(Cl)cc(C(F)(F)F)c2)C(=O)C1F. The van der Waals surface area contributed by atoms with Crippen LogP contribution in [0.15, 0.2) is 18.2 Å². The van der Waals surface area contributed by atoms with Crippen LogP contribution < -0.4 is 10.2 Å². The molecule has 2 rings (SSSR count). The largest absolute Gasteiger partial charge is 0.416 e. The third-order valence-corrected chi connectivity index (χ3v) is 2.79. The molecule has 21 heavy (non-hydrogen) atoms. The smallest absolute Gasteiger partial charge is 0.274 e. The van der Waals surface area contributed by atoms with Gasteiger partial charge in [-0.3, -0.25) is 14.9 Å². The van der Waals surface area contributed by atoms with Gasteiger partial charge in [0.25, 0.3) is 18.0 Å². The molecule has 0 saturated carbocycles. The molecule has 1 aromatic carbocycles. The first kappa shape index (κ1) is 15.2. The zero-order chi connectivity index (χ0) is 15.9. The number of alkyl halides is 4. The summed E-state index contributed by atoms with van der Waals surface area (Å²) < 4.78 is 51.3. The van der Waals surface area contributed by atoms with Crippen molar-refractivity contribution in [3.63, 3.8) is 0 Å². The maximum atomic E-state index is 13.3. The van der Waals surface area contributed by atoms with Crippen molar-refractivity contribution in [3.05, 3.63) is 28.8 Å². The molecule has 0 aromatic heterocycles. The zero-order valence-electron chi connectivity index (χ0n) is 9.87. The van der Waals surface area contributed by atoms with Gasteiger partial charge in [0.05, 0.1) is 11.3 Å². The predicted octanol–water partition coefficient (Wildman–Crippen LogP) is 2.28. The first-order valence-electron chi connectivity index (χ1n) is 5.32. The van der Waals surface area contributed by atoms with E-state index in [1.165, 1.54) is 5.32 Å².